The van der Waals surface area contributed by atoms with Gasteiger partial charge in [0.05, 0.1) is 37.9 Å². The number of aliphatic hydroxyl groups is 1. The van der Waals surface area contributed by atoms with Crippen LogP contribution in [0.15, 0.2) is 12.1 Å². The topological polar surface area (TPSA) is 77.4 Å². The van der Waals surface area contributed by atoms with Gasteiger partial charge in [-0.15, -0.1) is 0 Å². The first-order chi connectivity index (χ1) is 18.6. The van der Waals surface area contributed by atoms with Gasteiger partial charge in [0.2, 0.25) is 0 Å². The quantitative estimate of drug-likeness (QED) is 0.381. The first kappa shape index (κ1) is 32.7. The third kappa shape index (κ3) is 6.98. The number of phenolic OH excluding ortho intramolecular Hbond substituents is 1. The van der Waals surface area contributed by atoms with Gasteiger partial charge in [0.15, 0.2) is 12.6 Å². The summed E-state index contributed by atoms with van der Waals surface area (Å²) in [5.41, 5.74) is 1.97. The fraction of sp³-hybridized carbons (Fsp3) is 0.829. The second kappa shape index (κ2) is 11.1. The van der Waals surface area contributed by atoms with Crippen LogP contribution < -0.4 is 0 Å². The van der Waals surface area contributed by atoms with Crippen molar-refractivity contribution in [1.82, 2.24) is 0 Å². The monoisotopic (exact) mass is 574 g/mol. The smallest absolute Gasteiger partial charge is 0.183 e. The number of hydrogen-bond donors (Lipinski definition) is 2. The van der Waals surface area contributed by atoms with Gasteiger partial charge in [0.1, 0.15) is 5.75 Å². The van der Waals surface area contributed by atoms with Gasteiger partial charge in [-0.05, 0) is 69.6 Å². The van der Waals surface area contributed by atoms with Gasteiger partial charge in [-0.25, -0.2) is 0 Å². The Hall–Kier alpha value is -1.18. The summed E-state index contributed by atoms with van der Waals surface area (Å²) >= 11 is 0. The second-order valence-corrected chi connectivity index (χ2v) is 17.6. The van der Waals surface area contributed by atoms with Crippen LogP contribution in [0.4, 0.5) is 0 Å². The molecule has 6 nitrogen and oxygen atoms in total. The molecule has 1 aromatic carbocycles. The molecule has 0 bridgehead atoms. The molecule has 4 rings (SSSR count). The average Bonchev–Trinajstić information content (AvgIpc) is 2.83. The third-order valence-corrected chi connectivity index (χ3v) is 9.76. The molecule has 1 aromatic rings. The number of ether oxygens (including phenoxy) is 4. The summed E-state index contributed by atoms with van der Waals surface area (Å²) in [5, 5.41) is 22.5. The van der Waals surface area contributed by atoms with Crippen LogP contribution >= 0.6 is 0 Å². The van der Waals surface area contributed by atoms with Crippen molar-refractivity contribution in [2.75, 3.05) is 26.4 Å². The van der Waals surface area contributed by atoms with Crippen molar-refractivity contribution < 1.29 is 29.2 Å². The predicted octanol–water partition coefficient (Wildman–Crippen LogP) is 7.49. The van der Waals surface area contributed by atoms with Crippen LogP contribution in [0.1, 0.15) is 119 Å². The largest absolute Gasteiger partial charge is 0.507 e. The Labute approximate surface area is 249 Å². The number of rotatable bonds is 2. The molecule has 1 spiro atoms. The molecule has 0 amide bonds. The second-order valence-electron chi connectivity index (χ2n) is 17.6. The van der Waals surface area contributed by atoms with Crippen LogP contribution in [0, 0.1) is 34.0 Å². The summed E-state index contributed by atoms with van der Waals surface area (Å²) in [6, 6.07) is 4.07. The number of aromatic hydroxyl groups is 1. The standard InChI is InChI=1S/C35H58O6/c1-31(2,3)23-13-21(14-24(27(23)36)32(4,5)6)29-38-17-35(18-39-29)19-40-30(41-20-35)22-15-25(33(7,8)9)28(37)26(16-22)34(10,11)12/h13-14,22,25-26,28-30,36-37H,15-20H2,1-12H3. The first-order valence-electron chi connectivity index (χ1n) is 15.6. The zero-order chi connectivity index (χ0) is 30.8. The average molecular weight is 575 g/mol. The SMILES string of the molecule is CC(C)(C)c1cc(C2OCC3(CO2)COC(C2CC(C(C)(C)C)C(O)C(C(C)(C)C)C2)OC3)cc(C(C)(C)C)c1O. The van der Waals surface area contributed by atoms with Crippen molar-refractivity contribution in [1.29, 1.82) is 0 Å². The lowest BCUT2D eigenvalue weighted by molar-refractivity contribution is -0.318. The molecule has 2 atom stereocenters. The molecule has 0 aromatic heterocycles. The summed E-state index contributed by atoms with van der Waals surface area (Å²) in [6.07, 6.45) is 0.701. The Kier molecular flexibility index (Phi) is 8.84. The third-order valence-electron chi connectivity index (χ3n) is 9.76. The molecule has 2 saturated heterocycles. The highest BCUT2D eigenvalue weighted by Gasteiger charge is 2.50. The van der Waals surface area contributed by atoms with E-state index < -0.39 is 6.29 Å². The Bertz CT molecular complexity index is 989. The minimum Gasteiger partial charge on any atom is -0.507 e. The summed E-state index contributed by atoms with van der Waals surface area (Å²) < 4.78 is 25.6. The molecular weight excluding hydrogens is 516 g/mol. The predicted molar refractivity (Wildman–Crippen MR) is 163 cm³/mol. The molecule has 2 heterocycles. The van der Waals surface area contributed by atoms with Gasteiger partial charge in [-0.2, -0.15) is 0 Å². The molecule has 3 fully saturated rings. The molecule has 41 heavy (non-hydrogen) atoms. The van der Waals surface area contributed by atoms with Crippen molar-refractivity contribution in [3.05, 3.63) is 28.8 Å². The zero-order valence-electron chi connectivity index (χ0n) is 27.9. The van der Waals surface area contributed by atoms with Crippen molar-refractivity contribution in [3.63, 3.8) is 0 Å². The van der Waals surface area contributed by atoms with Crippen molar-refractivity contribution in [3.8, 4) is 5.75 Å². The Morgan fingerprint density at radius 1 is 0.659 bits per heavy atom. The Morgan fingerprint density at radius 2 is 1.05 bits per heavy atom. The molecule has 0 radical (unpaired) electrons. The molecule has 2 aliphatic heterocycles. The van der Waals surface area contributed by atoms with E-state index in [-0.39, 0.29) is 57.2 Å². The zero-order valence-corrected chi connectivity index (χ0v) is 27.9. The van der Waals surface area contributed by atoms with E-state index in [1.54, 1.807) is 0 Å². The lowest BCUT2D eigenvalue weighted by Gasteiger charge is -2.52. The highest BCUT2D eigenvalue weighted by atomic mass is 16.7. The van der Waals surface area contributed by atoms with Gasteiger partial charge >= 0.3 is 0 Å². The highest BCUT2D eigenvalue weighted by Crippen LogP contribution is 2.51. The molecule has 2 unspecified atom stereocenters. The Balaban J connectivity index is 1.44. The van der Waals surface area contributed by atoms with Gasteiger partial charge < -0.3 is 29.2 Å². The van der Waals surface area contributed by atoms with Crippen molar-refractivity contribution >= 4 is 0 Å². The first-order valence-corrected chi connectivity index (χ1v) is 15.6. The summed E-state index contributed by atoms with van der Waals surface area (Å²) in [5.74, 6) is 0.985. The van der Waals surface area contributed by atoms with E-state index in [0.717, 1.165) is 29.5 Å². The molecule has 2 N–H and O–H groups in total. The molecule has 3 aliphatic rings. The van der Waals surface area contributed by atoms with E-state index in [1.165, 1.54) is 0 Å². The van der Waals surface area contributed by atoms with Crippen LogP contribution in [0.5, 0.6) is 5.75 Å². The van der Waals surface area contributed by atoms with E-state index in [0.29, 0.717) is 32.2 Å². The highest BCUT2D eigenvalue weighted by molar-refractivity contribution is 5.50. The van der Waals surface area contributed by atoms with E-state index in [1.807, 2.05) is 12.1 Å². The summed E-state index contributed by atoms with van der Waals surface area (Å²) in [7, 11) is 0. The van der Waals surface area contributed by atoms with Crippen LogP contribution in [0.2, 0.25) is 0 Å². The number of hydrogen-bond acceptors (Lipinski definition) is 6. The number of benzene rings is 1. The minimum atomic E-state index is -0.499. The molecular formula is C35H58O6. The maximum atomic E-state index is 11.3. The van der Waals surface area contributed by atoms with Gasteiger partial charge in [0.25, 0.3) is 0 Å². The van der Waals surface area contributed by atoms with Crippen molar-refractivity contribution in [2.24, 2.45) is 34.0 Å². The number of aliphatic hydroxyl groups excluding tert-OH is 1. The molecule has 6 heteroatoms. The minimum absolute atomic E-state index is 0.00543. The maximum Gasteiger partial charge on any atom is 0.183 e. The Morgan fingerprint density at radius 3 is 1.41 bits per heavy atom. The summed E-state index contributed by atoms with van der Waals surface area (Å²) in [6.45, 7) is 28.1. The molecule has 1 saturated carbocycles. The maximum absolute atomic E-state index is 11.3. The van der Waals surface area contributed by atoms with Gasteiger partial charge in [-0.3, -0.25) is 0 Å². The van der Waals surface area contributed by atoms with Crippen LogP contribution in [0.25, 0.3) is 0 Å². The summed E-state index contributed by atoms with van der Waals surface area (Å²) in [4.78, 5) is 0. The van der Waals surface area contributed by atoms with Crippen LogP contribution in [-0.2, 0) is 29.8 Å². The molecule has 234 valence electrons. The van der Waals surface area contributed by atoms with Gasteiger partial charge in [-0.1, -0.05) is 83.1 Å². The fourth-order valence-corrected chi connectivity index (χ4v) is 7.03. The van der Waals surface area contributed by atoms with Crippen LogP contribution in [-0.4, -0.2) is 49.0 Å². The molecule has 1 aliphatic carbocycles. The van der Waals surface area contributed by atoms with Gasteiger partial charge in [0, 0.05) is 11.5 Å². The number of phenols is 1. The van der Waals surface area contributed by atoms with E-state index in [2.05, 4.69) is 83.1 Å². The van der Waals surface area contributed by atoms with E-state index >= 15 is 0 Å². The lowest BCUT2D eigenvalue weighted by Crippen LogP contribution is -2.55. The van der Waals surface area contributed by atoms with E-state index in [9.17, 15) is 10.2 Å². The van der Waals surface area contributed by atoms with E-state index in [4.69, 9.17) is 18.9 Å². The normalized spacial score (nSPS) is 34.2. The fourth-order valence-electron chi connectivity index (χ4n) is 7.03. The lowest BCUT2D eigenvalue weighted by atomic mass is 9.58. The van der Waals surface area contributed by atoms with Crippen molar-refractivity contribution in [2.45, 2.75) is 125 Å². The van der Waals surface area contributed by atoms with Crippen LogP contribution in [0.3, 0.4) is 0 Å².